The standard InChI is InChI=1S/C28H54NO8P/c1-5-6-7-8-9-10-11-12-13-14-15-16-17-18-19-20-28(33)36-23-26(30)24-37-38(34,35)25(2)29(3,4)22-21-27(31)32/h10-11,16-17,25-27,30-32H,5-9,12-15,18-24H2,1-4H3/b11-10-,17-16-/t25?,26-/m1/s1. The van der Waals surface area contributed by atoms with Gasteiger partial charge in [-0.3, -0.25) is 4.79 Å². The number of ether oxygens (including phenoxy) is 1. The van der Waals surface area contributed by atoms with E-state index < -0.39 is 38.3 Å². The van der Waals surface area contributed by atoms with Gasteiger partial charge in [0.1, 0.15) is 18.5 Å². The largest absolute Gasteiger partial charge is 0.774 e. The molecule has 10 heteroatoms. The third-order valence-electron chi connectivity index (χ3n) is 6.62. The summed E-state index contributed by atoms with van der Waals surface area (Å²) in [5.74, 6) is -1.41. The first-order valence-corrected chi connectivity index (χ1v) is 15.8. The molecule has 0 saturated carbocycles. The predicted molar refractivity (Wildman–Crippen MR) is 149 cm³/mol. The molecule has 0 heterocycles. The number of aliphatic hydroxyl groups excluding tert-OH is 2. The van der Waals surface area contributed by atoms with E-state index in [2.05, 4.69) is 31.2 Å². The van der Waals surface area contributed by atoms with Crippen molar-refractivity contribution in [1.29, 1.82) is 0 Å². The maximum atomic E-state index is 12.5. The zero-order chi connectivity index (χ0) is 28.9. The number of rotatable bonds is 24. The van der Waals surface area contributed by atoms with Crippen molar-refractivity contribution in [2.45, 2.75) is 115 Å². The first kappa shape index (κ1) is 36.9. The molecule has 0 rings (SSSR count). The topological polar surface area (TPSA) is 136 Å². The Morgan fingerprint density at radius 2 is 1.42 bits per heavy atom. The minimum atomic E-state index is -4.37. The van der Waals surface area contributed by atoms with Crippen molar-refractivity contribution in [2.75, 3.05) is 33.9 Å². The van der Waals surface area contributed by atoms with Gasteiger partial charge in [-0.2, -0.15) is 0 Å². The highest BCUT2D eigenvalue weighted by Gasteiger charge is 2.34. The Labute approximate surface area is 230 Å². The van der Waals surface area contributed by atoms with E-state index >= 15 is 0 Å². The third kappa shape index (κ3) is 19.9. The zero-order valence-electron chi connectivity index (χ0n) is 24.1. The van der Waals surface area contributed by atoms with Crippen molar-refractivity contribution in [2.24, 2.45) is 0 Å². The Kier molecular flexibility index (Phi) is 21.1. The van der Waals surface area contributed by atoms with Crippen LogP contribution in [0.25, 0.3) is 0 Å². The van der Waals surface area contributed by atoms with E-state index in [0.717, 1.165) is 25.7 Å². The lowest BCUT2D eigenvalue weighted by Crippen LogP contribution is -2.50. The van der Waals surface area contributed by atoms with E-state index in [0.29, 0.717) is 6.42 Å². The van der Waals surface area contributed by atoms with Gasteiger partial charge < -0.3 is 38.5 Å². The van der Waals surface area contributed by atoms with Crippen molar-refractivity contribution >= 4 is 13.6 Å². The summed E-state index contributed by atoms with van der Waals surface area (Å²) in [6.45, 7) is 3.04. The van der Waals surface area contributed by atoms with Crippen molar-refractivity contribution in [3.63, 3.8) is 0 Å². The van der Waals surface area contributed by atoms with Gasteiger partial charge in [-0.25, -0.2) is 0 Å². The molecule has 0 saturated heterocycles. The van der Waals surface area contributed by atoms with Gasteiger partial charge in [0.05, 0.1) is 27.2 Å². The number of aliphatic hydroxyl groups is 3. The minimum Gasteiger partial charge on any atom is -0.774 e. The number of unbranched alkanes of at least 4 members (excludes halogenated alkanes) is 8. The van der Waals surface area contributed by atoms with Gasteiger partial charge in [-0.15, -0.1) is 0 Å². The first-order valence-electron chi connectivity index (χ1n) is 14.2. The van der Waals surface area contributed by atoms with Crippen LogP contribution in [-0.2, 0) is 18.6 Å². The van der Waals surface area contributed by atoms with Crippen LogP contribution in [0.15, 0.2) is 24.3 Å². The molecule has 9 nitrogen and oxygen atoms in total. The molecule has 0 aromatic carbocycles. The third-order valence-corrected chi connectivity index (χ3v) is 8.67. The normalized spacial score (nSPS) is 15.8. The number of allylic oxidation sites excluding steroid dienone is 4. The number of hydrogen-bond donors (Lipinski definition) is 3. The van der Waals surface area contributed by atoms with Crippen molar-refractivity contribution in [1.82, 2.24) is 0 Å². The summed E-state index contributed by atoms with van der Waals surface area (Å²) in [6, 6.07) is 0. The lowest BCUT2D eigenvalue weighted by Gasteiger charge is -2.42. The Morgan fingerprint density at radius 3 is 1.95 bits per heavy atom. The van der Waals surface area contributed by atoms with Crippen molar-refractivity contribution < 1.29 is 43.3 Å². The molecule has 3 N–H and O–H groups in total. The minimum absolute atomic E-state index is 0.0167. The molecule has 0 aliphatic carbocycles. The molecule has 3 atom stereocenters. The van der Waals surface area contributed by atoms with Gasteiger partial charge in [-0.05, 0) is 58.3 Å². The number of quaternary nitrogens is 1. The van der Waals surface area contributed by atoms with E-state index in [9.17, 15) is 19.4 Å². The molecular formula is C28H54NO8P. The Morgan fingerprint density at radius 1 is 0.895 bits per heavy atom. The molecule has 0 radical (unpaired) electrons. The summed E-state index contributed by atoms with van der Waals surface area (Å²) in [5.41, 5.74) is 0. The van der Waals surface area contributed by atoms with E-state index in [1.54, 1.807) is 14.1 Å². The second-order valence-corrected chi connectivity index (χ2v) is 12.6. The quantitative estimate of drug-likeness (QED) is 0.0393. The molecule has 38 heavy (non-hydrogen) atoms. The molecule has 2 unspecified atom stereocenters. The summed E-state index contributed by atoms with van der Waals surface area (Å²) >= 11 is 0. The summed E-state index contributed by atoms with van der Waals surface area (Å²) < 4.78 is 22.4. The van der Waals surface area contributed by atoms with Crippen LogP contribution < -0.4 is 4.89 Å². The molecule has 224 valence electrons. The number of carbonyl (C=O) groups excluding carboxylic acids is 1. The van der Waals surface area contributed by atoms with E-state index in [1.807, 2.05) is 0 Å². The van der Waals surface area contributed by atoms with Crippen molar-refractivity contribution in [3.05, 3.63) is 24.3 Å². The smallest absolute Gasteiger partial charge is 0.305 e. The van der Waals surface area contributed by atoms with Crippen LogP contribution in [0.2, 0.25) is 0 Å². The van der Waals surface area contributed by atoms with Crippen LogP contribution in [0.1, 0.15) is 97.3 Å². The van der Waals surface area contributed by atoms with Gasteiger partial charge >= 0.3 is 5.97 Å². The highest BCUT2D eigenvalue weighted by Crippen LogP contribution is 2.46. The summed E-state index contributed by atoms with van der Waals surface area (Å²) in [7, 11) is -1.08. The van der Waals surface area contributed by atoms with Gasteiger partial charge in [0, 0.05) is 12.8 Å². The van der Waals surface area contributed by atoms with Crippen molar-refractivity contribution in [3.8, 4) is 0 Å². The average Bonchev–Trinajstić information content (AvgIpc) is 2.86. The van der Waals surface area contributed by atoms with E-state index in [-0.39, 0.29) is 30.5 Å². The number of nitrogens with zero attached hydrogens (tertiary/aromatic N) is 1. The van der Waals surface area contributed by atoms with Crippen LogP contribution in [0, 0.1) is 0 Å². The van der Waals surface area contributed by atoms with E-state index in [4.69, 9.17) is 19.5 Å². The van der Waals surface area contributed by atoms with Crippen LogP contribution in [0.4, 0.5) is 0 Å². The second kappa shape index (κ2) is 21.7. The molecule has 0 spiro atoms. The molecule has 0 aliphatic rings. The molecule has 0 aromatic heterocycles. The highest BCUT2D eigenvalue weighted by molar-refractivity contribution is 7.51. The SMILES string of the molecule is CCCCCC/C=C\CCCC/C=C\CCCC(=O)OC[C@@H](O)COP(=O)([O-])C(C)[N+](C)(C)CCC(O)O. The first-order chi connectivity index (χ1) is 17.9. The van der Waals surface area contributed by atoms with Crippen LogP contribution >= 0.6 is 7.60 Å². The summed E-state index contributed by atoms with van der Waals surface area (Å²) in [6.07, 6.45) is 18.6. The zero-order valence-corrected chi connectivity index (χ0v) is 25.0. The molecule has 0 aromatic rings. The lowest BCUT2D eigenvalue weighted by molar-refractivity contribution is -0.902. The Bertz CT molecular complexity index is 711. The molecular weight excluding hydrogens is 509 g/mol. The van der Waals surface area contributed by atoms with Crippen LogP contribution in [0.5, 0.6) is 0 Å². The number of carbonyl (C=O) groups is 1. The van der Waals surface area contributed by atoms with Crippen LogP contribution in [0.3, 0.4) is 0 Å². The fraction of sp³-hybridized carbons (Fsp3) is 0.821. The number of esters is 1. The maximum absolute atomic E-state index is 12.5. The number of hydrogen-bond acceptors (Lipinski definition) is 8. The molecule has 0 amide bonds. The summed E-state index contributed by atoms with van der Waals surface area (Å²) in [5, 5.41) is 28.0. The Balaban J connectivity index is 3.93. The predicted octanol–water partition coefficient (Wildman–Crippen LogP) is 4.40. The second-order valence-electron chi connectivity index (χ2n) is 10.5. The van der Waals surface area contributed by atoms with Gasteiger partial charge in [0.25, 0.3) is 0 Å². The summed E-state index contributed by atoms with van der Waals surface area (Å²) in [4.78, 5) is 24.4. The molecule has 0 bridgehead atoms. The van der Waals surface area contributed by atoms with Gasteiger partial charge in [0.2, 0.25) is 0 Å². The highest BCUT2D eigenvalue weighted by atomic mass is 31.2. The van der Waals surface area contributed by atoms with E-state index in [1.165, 1.54) is 45.4 Å². The van der Waals surface area contributed by atoms with Gasteiger partial charge in [0.15, 0.2) is 13.9 Å². The fourth-order valence-corrected chi connectivity index (χ4v) is 5.15. The monoisotopic (exact) mass is 563 g/mol. The molecule has 0 fully saturated rings. The van der Waals surface area contributed by atoms with Crippen LogP contribution in [-0.4, -0.2) is 77.8 Å². The lowest BCUT2D eigenvalue weighted by atomic mass is 10.1. The van der Waals surface area contributed by atoms with Gasteiger partial charge in [-0.1, -0.05) is 50.5 Å². The molecule has 0 aliphatic heterocycles. The average molecular weight is 564 g/mol. The maximum Gasteiger partial charge on any atom is 0.305 e. The Hall–Kier alpha value is -1.06. The fourth-order valence-electron chi connectivity index (χ4n) is 3.67.